The lowest BCUT2D eigenvalue weighted by Crippen LogP contribution is -2.31. The molecule has 1 saturated carbocycles. The van der Waals surface area contributed by atoms with Gasteiger partial charge in [0.2, 0.25) is 5.91 Å². The number of carbonyl (C=O) groups excluding carboxylic acids is 1. The van der Waals surface area contributed by atoms with Gasteiger partial charge < -0.3 is 5.73 Å². The molecule has 2 nitrogen and oxygen atoms in total. The van der Waals surface area contributed by atoms with Crippen LogP contribution in [-0.2, 0) is 4.79 Å². The van der Waals surface area contributed by atoms with Crippen LogP contribution in [0.25, 0.3) is 0 Å². The molecule has 1 fully saturated rings. The lowest BCUT2D eigenvalue weighted by molar-refractivity contribution is -0.124. The van der Waals surface area contributed by atoms with Gasteiger partial charge in [-0.3, -0.25) is 4.79 Å². The molecular formula is C12H23NO. The van der Waals surface area contributed by atoms with Gasteiger partial charge in [-0.05, 0) is 25.2 Å². The van der Waals surface area contributed by atoms with Gasteiger partial charge in [-0.25, -0.2) is 0 Å². The highest BCUT2D eigenvalue weighted by atomic mass is 16.1. The van der Waals surface area contributed by atoms with E-state index < -0.39 is 0 Å². The van der Waals surface area contributed by atoms with E-state index in [1.165, 1.54) is 32.1 Å². The highest BCUT2D eigenvalue weighted by molar-refractivity contribution is 5.76. The Morgan fingerprint density at radius 1 is 1.36 bits per heavy atom. The van der Waals surface area contributed by atoms with Gasteiger partial charge in [-0.1, -0.05) is 39.0 Å². The van der Waals surface area contributed by atoms with Gasteiger partial charge >= 0.3 is 0 Å². The van der Waals surface area contributed by atoms with Gasteiger partial charge in [0.1, 0.15) is 0 Å². The van der Waals surface area contributed by atoms with E-state index >= 15 is 0 Å². The molecule has 0 aliphatic heterocycles. The average molecular weight is 197 g/mol. The Balaban J connectivity index is 2.43. The molecule has 0 radical (unpaired) electrons. The second-order valence-corrected chi connectivity index (χ2v) is 4.55. The van der Waals surface area contributed by atoms with Crippen LogP contribution < -0.4 is 5.73 Å². The van der Waals surface area contributed by atoms with Crippen molar-refractivity contribution in [1.82, 2.24) is 0 Å². The molecule has 0 aromatic heterocycles. The second-order valence-electron chi connectivity index (χ2n) is 4.55. The minimum atomic E-state index is -0.0645. The molecule has 0 aromatic carbocycles. The summed E-state index contributed by atoms with van der Waals surface area (Å²) in [7, 11) is 0. The number of unbranched alkanes of at least 4 members (excludes halogenated alkanes) is 1. The Morgan fingerprint density at radius 3 is 2.50 bits per heavy atom. The normalized spacial score (nSPS) is 20.6. The summed E-state index contributed by atoms with van der Waals surface area (Å²) < 4.78 is 0. The zero-order valence-corrected chi connectivity index (χ0v) is 9.30. The maximum Gasteiger partial charge on any atom is 0.220 e. The lowest BCUT2D eigenvalue weighted by atomic mass is 9.77. The van der Waals surface area contributed by atoms with E-state index in [1.807, 2.05) is 0 Å². The van der Waals surface area contributed by atoms with Gasteiger partial charge in [0, 0.05) is 5.92 Å². The van der Waals surface area contributed by atoms with E-state index in [2.05, 4.69) is 6.92 Å². The molecule has 0 spiro atoms. The zero-order valence-electron chi connectivity index (χ0n) is 9.30. The Labute approximate surface area is 87.2 Å². The molecule has 1 amide bonds. The fraction of sp³-hybridized carbons (Fsp3) is 0.917. The third-order valence-electron chi connectivity index (χ3n) is 3.45. The molecular weight excluding hydrogens is 174 g/mol. The molecule has 82 valence electrons. The Kier molecular flexibility index (Phi) is 4.99. The summed E-state index contributed by atoms with van der Waals surface area (Å²) in [6.45, 7) is 2.17. The first-order valence-corrected chi connectivity index (χ1v) is 6.05. The second kappa shape index (κ2) is 6.05. The number of nitrogens with two attached hydrogens (primary N) is 1. The molecule has 0 aromatic rings. The van der Waals surface area contributed by atoms with E-state index in [-0.39, 0.29) is 11.8 Å². The van der Waals surface area contributed by atoms with Gasteiger partial charge in [0.05, 0.1) is 0 Å². The highest BCUT2D eigenvalue weighted by Gasteiger charge is 2.26. The van der Waals surface area contributed by atoms with Crippen molar-refractivity contribution in [1.29, 1.82) is 0 Å². The van der Waals surface area contributed by atoms with Crippen molar-refractivity contribution in [3.05, 3.63) is 0 Å². The van der Waals surface area contributed by atoms with Gasteiger partial charge in [-0.2, -0.15) is 0 Å². The van der Waals surface area contributed by atoms with E-state index in [0.29, 0.717) is 5.92 Å². The van der Waals surface area contributed by atoms with Crippen LogP contribution in [0.4, 0.5) is 0 Å². The largest absolute Gasteiger partial charge is 0.369 e. The number of rotatable bonds is 5. The van der Waals surface area contributed by atoms with Gasteiger partial charge in [0.15, 0.2) is 0 Å². The van der Waals surface area contributed by atoms with E-state index in [4.69, 9.17) is 5.73 Å². The number of carbonyl (C=O) groups is 1. The first-order valence-electron chi connectivity index (χ1n) is 6.05. The van der Waals surface area contributed by atoms with Gasteiger partial charge in [0.25, 0.3) is 0 Å². The summed E-state index contributed by atoms with van der Waals surface area (Å²) in [5.41, 5.74) is 5.47. The molecule has 0 saturated heterocycles. The molecule has 1 aliphatic carbocycles. The van der Waals surface area contributed by atoms with Crippen LogP contribution in [0.15, 0.2) is 0 Å². The molecule has 2 heteroatoms. The molecule has 1 atom stereocenters. The van der Waals surface area contributed by atoms with Crippen molar-refractivity contribution in [2.75, 3.05) is 0 Å². The number of hydrogen-bond donors (Lipinski definition) is 1. The lowest BCUT2D eigenvalue weighted by Gasteiger charge is -2.28. The standard InChI is InChI=1S/C12H23NO/c1-2-3-9-11(12(13)14)10-7-5-4-6-8-10/h10-11H,2-9H2,1H3,(H2,13,14). The maximum absolute atomic E-state index is 11.3. The first kappa shape index (κ1) is 11.5. The molecule has 2 N–H and O–H groups in total. The van der Waals surface area contributed by atoms with Crippen LogP contribution in [0, 0.1) is 11.8 Å². The van der Waals surface area contributed by atoms with Crippen LogP contribution in [0.1, 0.15) is 58.3 Å². The minimum Gasteiger partial charge on any atom is -0.369 e. The van der Waals surface area contributed by atoms with Crippen molar-refractivity contribution >= 4 is 5.91 Å². The summed E-state index contributed by atoms with van der Waals surface area (Å²) in [5.74, 6) is 0.688. The zero-order chi connectivity index (χ0) is 10.4. The van der Waals surface area contributed by atoms with Crippen molar-refractivity contribution in [3.63, 3.8) is 0 Å². The van der Waals surface area contributed by atoms with Crippen molar-refractivity contribution in [3.8, 4) is 0 Å². The average Bonchev–Trinajstić information content (AvgIpc) is 2.19. The van der Waals surface area contributed by atoms with Crippen LogP contribution in [0.5, 0.6) is 0 Å². The van der Waals surface area contributed by atoms with Crippen molar-refractivity contribution < 1.29 is 4.79 Å². The van der Waals surface area contributed by atoms with Crippen molar-refractivity contribution in [2.24, 2.45) is 17.6 Å². The van der Waals surface area contributed by atoms with Crippen LogP contribution >= 0.6 is 0 Å². The first-order chi connectivity index (χ1) is 6.75. The molecule has 0 heterocycles. The molecule has 0 bridgehead atoms. The fourth-order valence-electron chi connectivity index (χ4n) is 2.57. The summed E-state index contributed by atoms with van der Waals surface area (Å²) >= 11 is 0. The Morgan fingerprint density at radius 2 is 2.00 bits per heavy atom. The van der Waals surface area contributed by atoms with Gasteiger partial charge in [-0.15, -0.1) is 0 Å². The fourth-order valence-corrected chi connectivity index (χ4v) is 2.57. The third kappa shape index (κ3) is 3.32. The van der Waals surface area contributed by atoms with E-state index in [9.17, 15) is 4.79 Å². The number of primary amides is 1. The topological polar surface area (TPSA) is 43.1 Å². The quantitative estimate of drug-likeness (QED) is 0.723. The summed E-state index contributed by atoms with van der Waals surface area (Å²) in [6, 6.07) is 0. The van der Waals surface area contributed by atoms with Crippen LogP contribution in [-0.4, -0.2) is 5.91 Å². The smallest absolute Gasteiger partial charge is 0.220 e. The van der Waals surface area contributed by atoms with Crippen LogP contribution in [0.2, 0.25) is 0 Å². The van der Waals surface area contributed by atoms with E-state index in [0.717, 1.165) is 19.3 Å². The van der Waals surface area contributed by atoms with Crippen molar-refractivity contribution in [2.45, 2.75) is 58.3 Å². The molecule has 1 unspecified atom stereocenters. The number of amides is 1. The highest BCUT2D eigenvalue weighted by Crippen LogP contribution is 2.32. The SMILES string of the molecule is CCCCC(C(N)=O)C1CCCCC1. The molecule has 1 aliphatic rings. The monoisotopic (exact) mass is 197 g/mol. The Hall–Kier alpha value is -0.530. The predicted molar refractivity (Wildman–Crippen MR) is 58.8 cm³/mol. The minimum absolute atomic E-state index is 0.0645. The molecule has 1 rings (SSSR count). The number of hydrogen-bond acceptors (Lipinski definition) is 1. The third-order valence-corrected chi connectivity index (χ3v) is 3.45. The maximum atomic E-state index is 11.3. The Bertz CT molecular complexity index is 173. The summed E-state index contributed by atoms with van der Waals surface area (Å²) in [6.07, 6.45) is 9.68. The summed E-state index contributed by atoms with van der Waals surface area (Å²) in [5, 5.41) is 0. The molecule has 14 heavy (non-hydrogen) atoms. The summed E-state index contributed by atoms with van der Waals surface area (Å²) in [4.78, 5) is 11.3. The predicted octanol–water partition coefficient (Wildman–Crippen LogP) is 2.86. The van der Waals surface area contributed by atoms with Crippen LogP contribution in [0.3, 0.4) is 0 Å². The van der Waals surface area contributed by atoms with E-state index in [1.54, 1.807) is 0 Å².